The second-order valence-corrected chi connectivity index (χ2v) is 3.57. The molecule has 1 aromatic rings. The van der Waals surface area contributed by atoms with Gasteiger partial charge in [0, 0.05) is 19.0 Å². The van der Waals surface area contributed by atoms with Gasteiger partial charge in [-0.25, -0.2) is 9.97 Å². The predicted octanol–water partition coefficient (Wildman–Crippen LogP) is -0.332. The molecule has 1 aliphatic heterocycles. The Balaban J connectivity index is 2.07. The molecule has 1 aromatic heterocycles. The van der Waals surface area contributed by atoms with Crippen LogP contribution in [0.4, 0.5) is 11.6 Å². The number of nitrogens with two attached hydrogens (primary N) is 1. The predicted molar refractivity (Wildman–Crippen MR) is 56.2 cm³/mol. The van der Waals surface area contributed by atoms with Crippen LogP contribution in [0.2, 0.25) is 0 Å². The van der Waals surface area contributed by atoms with Gasteiger partial charge in [-0.2, -0.15) is 0 Å². The molecule has 2 rings (SSSR count). The van der Waals surface area contributed by atoms with E-state index in [0.29, 0.717) is 30.4 Å². The molecule has 1 atom stereocenters. The normalized spacial score (nSPS) is 20.1. The summed E-state index contributed by atoms with van der Waals surface area (Å²) in [4.78, 5) is 19.1. The van der Waals surface area contributed by atoms with Crippen molar-refractivity contribution in [3.05, 3.63) is 11.9 Å². The van der Waals surface area contributed by atoms with Gasteiger partial charge in [0.2, 0.25) is 5.91 Å². The molecule has 1 unspecified atom stereocenters. The Morgan fingerprint density at radius 1 is 1.60 bits per heavy atom. The second-order valence-electron chi connectivity index (χ2n) is 3.57. The van der Waals surface area contributed by atoms with Crippen molar-refractivity contribution in [1.29, 1.82) is 0 Å². The van der Waals surface area contributed by atoms with Crippen molar-refractivity contribution in [2.24, 2.45) is 0 Å². The monoisotopic (exact) mass is 207 g/mol. The summed E-state index contributed by atoms with van der Waals surface area (Å²) in [5.41, 5.74) is 5.59. The van der Waals surface area contributed by atoms with Crippen molar-refractivity contribution in [1.82, 2.24) is 15.3 Å². The lowest BCUT2D eigenvalue weighted by atomic mass is 10.2. The van der Waals surface area contributed by atoms with Gasteiger partial charge in [-0.1, -0.05) is 0 Å². The van der Waals surface area contributed by atoms with E-state index in [1.165, 1.54) is 0 Å². The Bertz CT molecular complexity index is 372. The van der Waals surface area contributed by atoms with E-state index in [1.54, 1.807) is 13.0 Å². The quantitative estimate of drug-likeness (QED) is 0.617. The maximum Gasteiger partial charge on any atom is 0.222 e. The number of nitrogens with one attached hydrogen (secondary N) is 2. The van der Waals surface area contributed by atoms with Gasteiger partial charge >= 0.3 is 0 Å². The van der Waals surface area contributed by atoms with Crippen molar-refractivity contribution in [3.63, 3.8) is 0 Å². The number of amides is 1. The van der Waals surface area contributed by atoms with Crippen LogP contribution in [-0.2, 0) is 4.79 Å². The summed E-state index contributed by atoms with van der Waals surface area (Å²) in [6, 6.07) is 1.75. The van der Waals surface area contributed by atoms with Gasteiger partial charge in [-0.3, -0.25) is 4.79 Å². The van der Waals surface area contributed by atoms with E-state index in [0.717, 1.165) is 0 Å². The molecule has 0 bridgehead atoms. The first kappa shape index (κ1) is 9.70. The maximum atomic E-state index is 11.0. The van der Waals surface area contributed by atoms with Gasteiger partial charge in [-0.05, 0) is 6.92 Å². The zero-order chi connectivity index (χ0) is 10.8. The summed E-state index contributed by atoms with van der Waals surface area (Å²) in [6.07, 6.45) is 0.475. The number of anilines is 2. The molecular weight excluding hydrogens is 194 g/mol. The van der Waals surface area contributed by atoms with E-state index in [4.69, 9.17) is 5.73 Å². The highest BCUT2D eigenvalue weighted by atomic mass is 16.1. The first-order valence-electron chi connectivity index (χ1n) is 4.78. The molecule has 80 valence electrons. The first-order chi connectivity index (χ1) is 7.13. The summed E-state index contributed by atoms with van der Waals surface area (Å²) >= 11 is 0. The second kappa shape index (κ2) is 3.72. The van der Waals surface area contributed by atoms with Gasteiger partial charge in [0.15, 0.2) is 0 Å². The molecule has 1 saturated heterocycles. The average molecular weight is 207 g/mol. The number of rotatable bonds is 2. The summed E-state index contributed by atoms with van der Waals surface area (Å²) in [5, 5.41) is 5.88. The summed E-state index contributed by atoms with van der Waals surface area (Å²) in [6.45, 7) is 2.40. The van der Waals surface area contributed by atoms with E-state index < -0.39 is 0 Å². The van der Waals surface area contributed by atoms with Crippen LogP contribution in [0.3, 0.4) is 0 Å². The molecule has 1 fully saturated rings. The number of carbonyl (C=O) groups is 1. The highest BCUT2D eigenvalue weighted by Gasteiger charge is 2.21. The molecule has 1 aliphatic rings. The number of aryl methyl sites for hydroxylation is 1. The van der Waals surface area contributed by atoms with Crippen LogP contribution < -0.4 is 16.4 Å². The van der Waals surface area contributed by atoms with Crippen molar-refractivity contribution in [2.75, 3.05) is 17.6 Å². The number of hydrogen-bond donors (Lipinski definition) is 3. The minimum absolute atomic E-state index is 0.0613. The van der Waals surface area contributed by atoms with E-state index in [2.05, 4.69) is 20.6 Å². The molecule has 6 heteroatoms. The van der Waals surface area contributed by atoms with Crippen molar-refractivity contribution in [2.45, 2.75) is 19.4 Å². The topological polar surface area (TPSA) is 92.9 Å². The van der Waals surface area contributed by atoms with Gasteiger partial charge in [0.1, 0.15) is 17.5 Å². The summed E-state index contributed by atoms with van der Waals surface area (Å²) in [5.74, 6) is 1.78. The third kappa shape index (κ3) is 2.34. The smallest absolute Gasteiger partial charge is 0.222 e. The number of aromatic nitrogens is 2. The van der Waals surface area contributed by atoms with E-state index in [1.807, 2.05) is 0 Å². The molecule has 0 aromatic carbocycles. The zero-order valence-corrected chi connectivity index (χ0v) is 8.45. The molecular formula is C9H13N5O. The van der Waals surface area contributed by atoms with Crippen molar-refractivity contribution < 1.29 is 4.79 Å². The van der Waals surface area contributed by atoms with Gasteiger partial charge < -0.3 is 16.4 Å². The van der Waals surface area contributed by atoms with Gasteiger partial charge in [-0.15, -0.1) is 0 Å². The number of nitrogens with zero attached hydrogens (tertiary/aromatic N) is 2. The molecule has 0 saturated carbocycles. The van der Waals surface area contributed by atoms with Crippen LogP contribution in [0.1, 0.15) is 12.2 Å². The van der Waals surface area contributed by atoms with Crippen molar-refractivity contribution >= 4 is 17.5 Å². The molecule has 2 heterocycles. The minimum Gasteiger partial charge on any atom is -0.384 e. The lowest BCUT2D eigenvalue weighted by Gasteiger charge is -2.11. The highest BCUT2D eigenvalue weighted by Crippen LogP contribution is 2.12. The third-order valence-corrected chi connectivity index (χ3v) is 2.19. The van der Waals surface area contributed by atoms with E-state index in [9.17, 15) is 4.79 Å². The Morgan fingerprint density at radius 2 is 2.40 bits per heavy atom. The average Bonchev–Trinajstić information content (AvgIpc) is 2.49. The zero-order valence-electron chi connectivity index (χ0n) is 8.45. The lowest BCUT2D eigenvalue weighted by molar-refractivity contribution is -0.119. The fraction of sp³-hybridized carbons (Fsp3) is 0.444. The Morgan fingerprint density at radius 3 is 3.00 bits per heavy atom. The Labute approximate surface area is 87.3 Å². The standard InChI is InChI=1S/C9H13N5O/c1-5-12-7(10)3-8(13-5)14-6-2-9(15)11-4-6/h3,6H,2,4H2,1H3,(H,11,15)(H3,10,12,13,14). The van der Waals surface area contributed by atoms with Crippen LogP contribution in [0.15, 0.2) is 6.07 Å². The molecule has 4 N–H and O–H groups in total. The third-order valence-electron chi connectivity index (χ3n) is 2.19. The number of hydrogen-bond acceptors (Lipinski definition) is 5. The molecule has 1 amide bonds. The largest absolute Gasteiger partial charge is 0.384 e. The summed E-state index contributed by atoms with van der Waals surface area (Å²) in [7, 11) is 0. The first-order valence-corrected chi connectivity index (χ1v) is 4.78. The van der Waals surface area contributed by atoms with Crippen LogP contribution in [0.5, 0.6) is 0 Å². The van der Waals surface area contributed by atoms with Crippen LogP contribution >= 0.6 is 0 Å². The minimum atomic E-state index is 0.0613. The molecule has 6 nitrogen and oxygen atoms in total. The van der Waals surface area contributed by atoms with Gasteiger partial charge in [0.25, 0.3) is 0 Å². The molecule has 0 aliphatic carbocycles. The van der Waals surface area contributed by atoms with Crippen LogP contribution in [0, 0.1) is 6.92 Å². The molecule has 15 heavy (non-hydrogen) atoms. The maximum absolute atomic E-state index is 11.0. The van der Waals surface area contributed by atoms with Crippen LogP contribution in [0.25, 0.3) is 0 Å². The number of nitrogen functional groups attached to an aromatic ring is 1. The number of carbonyl (C=O) groups excluding carboxylic acids is 1. The molecule has 0 radical (unpaired) electrons. The fourth-order valence-electron chi connectivity index (χ4n) is 1.58. The Kier molecular flexibility index (Phi) is 2.40. The van der Waals surface area contributed by atoms with Crippen LogP contribution in [-0.4, -0.2) is 28.5 Å². The molecule has 0 spiro atoms. The summed E-state index contributed by atoms with van der Waals surface area (Å²) < 4.78 is 0. The highest BCUT2D eigenvalue weighted by molar-refractivity contribution is 5.79. The SMILES string of the molecule is Cc1nc(N)cc(NC2CNC(=O)C2)n1. The van der Waals surface area contributed by atoms with E-state index >= 15 is 0 Å². The van der Waals surface area contributed by atoms with Crippen molar-refractivity contribution in [3.8, 4) is 0 Å². The Hall–Kier alpha value is -1.85. The fourth-order valence-corrected chi connectivity index (χ4v) is 1.58. The van der Waals surface area contributed by atoms with Gasteiger partial charge in [0.05, 0.1) is 6.04 Å². The van der Waals surface area contributed by atoms with E-state index in [-0.39, 0.29) is 11.9 Å². The lowest BCUT2D eigenvalue weighted by Crippen LogP contribution is -2.23.